The van der Waals surface area contributed by atoms with Crippen molar-refractivity contribution in [3.8, 4) is 5.75 Å². The number of carbonyl (C=O) groups excluding carboxylic acids is 3. The predicted octanol–water partition coefficient (Wildman–Crippen LogP) is 2.84. The molecule has 0 aliphatic carbocycles. The highest BCUT2D eigenvalue weighted by Gasteiger charge is 2.34. The number of fused-ring (bicyclic) bond motifs is 1. The van der Waals surface area contributed by atoms with Crippen molar-refractivity contribution >= 4 is 28.8 Å². The number of hydrogen-bond acceptors (Lipinski definition) is 5. The van der Waals surface area contributed by atoms with Gasteiger partial charge in [-0.05, 0) is 11.6 Å². The summed E-state index contributed by atoms with van der Waals surface area (Å²) in [4.78, 5) is 39.3. The third kappa shape index (κ3) is 3.68. The molecule has 1 atom stereocenters. The van der Waals surface area contributed by atoms with E-state index < -0.39 is 0 Å². The van der Waals surface area contributed by atoms with Crippen LogP contribution in [0.5, 0.6) is 5.75 Å². The monoisotopic (exact) mass is 382 g/mol. The Labute approximate surface area is 161 Å². The highest BCUT2D eigenvalue weighted by Crippen LogP contribution is 2.31. The van der Waals surface area contributed by atoms with Crippen molar-refractivity contribution in [3.63, 3.8) is 0 Å². The second-order valence-electron chi connectivity index (χ2n) is 6.43. The summed E-state index contributed by atoms with van der Waals surface area (Å²) in [6.07, 6.45) is -0.321. The molecule has 0 unspecified atom stereocenters. The first-order valence-electron chi connectivity index (χ1n) is 8.66. The van der Waals surface area contributed by atoms with Crippen molar-refractivity contribution in [2.24, 2.45) is 0 Å². The lowest BCUT2D eigenvalue weighted by atomic mass is 10.1. The molecule has 0 spiro atoms. The molecule has 7 heteroatoms. The second-order valence-corrected chi connectivity index (χ2v) is 7.36. The topological polar surface area (TPSA) is 66.9 Å². The molecule has 6 nitrogen and oxygen atoms in total. The van der Waals surface area contributed by atoms with Gasteiger partial charge in [0.15, 0.2) is 0 Å². The number of amides is 3. The van der Waals surface area contributed by atoms with Gasteiger partial charge in [0.05, 0.1) is 12.3 Å². The SMILES string of the molecule is O=C(CN1C(=O)CSC1=O)N1Cc2ccccc2O[C@@H](c2ccccc2)C1. The minimum absolute atomic E-state index is 0.102. The first-order chi connectivity index (χ1) is 13.1. The molecule has 0 N–H and O–H groups in total. The molecule has 0 bridgehead atoms. The lowest BCUT2D eigenvalue weighted by Gasteiger charge is -2.26. The molecule has 2 heterocycles. The molecule has 27 heavy (non-hydrogen) atoms. The Morgan fingerprint density at radius 3 is 2.56 bits per heavy atom. The number of imide groups is 1. The molecule has 3 amide bonds. The van der Waals surface area contributed by atoms with E-state index in [9.17, 15) is 14.4 Å². The smallest absolute Gasteiger partial charge is 0.289 e. The summed E-state index contributed by atoms with van der Waals surface area (Å²) in [6.45, 7) is 0.497. The van der Waals surface area contributed by atoms with Crippen LogP contribution in [0.2, 0.25) is 0 Å². The van der Waals surface area contributed by atoms with E-state index in [0.29, 0.717) is 13.1 Å². The van der Waals surface area contributed by atoms with Crippen LogP contribution in [0.15, 0.2) is 54.6 Å². The minimum atomic E-state index is -0.362. The number of ether oxygens (including phenoxy) is 1. The molecule has 0 saturated carbocycles. The number of para-hydroxylation sites is 1. The molecule has 1 fully saturated rings. The first-order valence-corrected chi connectivity index (χ1v) is 9.65. The molecular formula is C20H18N2O4S. The maximum atomic E-state index is 12.9. The van der Waals surface area contributed by atoms with Crippen molar-refractivity contribution < 1.29 is 19.1 Å². The zero-order chi connectivity index (χ0) is 18.8. The summed E-state index contributed by atoms with van der Waals surface area (Å²) in [7, 11) is 0. The van der Waals surface area contributed by atoms with Crippen molar-refractivity contribution in [1.29, 1.82) is 0 Å². The molecule has 0 aromatic heterocycles. The van der Waals surface area contributed by atoms with Gasteiger partial charge in [-0.15, -0.1) is 0 Å². The first kappa shape index (κ1) is 17.6. The van der Waals surface area contributed by atoms with Crippen molar-refractivity contribution in [2.75, 3.05) is 18.8 Å². The van der Waals surface area contributed by atoms with Gasteiger partial charge in [-0.25, -0.2) is 0 Å². The molecule has 138 valence electrons. The summed E-state index contributed by atoms with van der Waals surface area (Å²) >= 11 is 0.934. The van der Waals surface area contributed by atoms with Gasteiger partial charge >= 0.3 is 0 Å². The number of nitrogens with zero attached hydrogens (tertiary/aromatic N) is 2. The number of carbonyl (C=O) groups is 3. The van der Waals surface area contributed by atoms with E-state index in [0.717, 1.165) is 33.5 Å². The average Bonchev–Trinajstić information content (AvgIpc) is 2.91. The van der Waals surface area contributed by atoms with Gasteiger partial charge in [-0.2, -0.15) is 0 Å². The highest BCUT2D eigenvalue weighted by molar-refractivity contribution is 8.14. The maximum absolute atomic E-state index is 12.9. The zero-order valence-corrected chi connectivity index (χ0v) is 15.4. The Bertz CT molecular complexity index is 871. The standard InChI is InChI=1S/C20H18N2O4S/c23-18(12-22-19(24)13-27-20(22)25)21-10-15-8-4-5-9-16(15)26-17(11-21)14-6-2-1-3-7-14/h1-9,17H,10-13H2/t17-/m1/s1. The van der Waals surface area contributed by atoms with Crippen LogP contribution in [-0.4, -0.2) is 45.7 Å². The van der Waals surface area contributed by atoms with Crippen LogP contribution in [0.25, 0.3) is 0 Å². The summed E-state index contributed by atoms with van der Waals surface area (Å²) in [6, 6.07) is 17.3. The number of hydrogen-bond donors (Lipinski definition) is 0. The predicted molar refractivity (Wildman–Crippen MR) is 101 cm³/mol. The van der Waals surface area contributed by atoms with Gasteiger partial charge in [0.1, 0.15) is 18.4 Å². The van der Waals surface area contributed by atoms with Gasteiger partial charge in [0, 0.05) is 12.1 Å². The number of thioether (sulfide) groups is 1. The molecule has 2 aliphatic heterocycles. The Morgan fingerprint density at radius 2 is 1.81 bits per heavy atom. The molecule has 4 rings (SSSR count). The highest BCUT2D eigenvalue weighted by atomic mass is 32.2. The largest absolute Gasteiger partial charge is 0.484 e. The van der Waals surface area contributed by atoms with E-state index in [4.69, 9.17) is 4.74 Å². The van der Waals surface area contributed by atoms with Gasteiger partial charge in [-0.3, -0.25) is 19.3 Å². The van der Waals surface area contributed by atoms with Gasteiger partial charge < -0.3 is 9.64 Å². The zero-order valence-electron chi connectivity index (χ0n) is 14.5. The molecule has 2 aliphatic rings. The van der Waals surface area contributed by atoms with Crippen molar-refractivity contribution in [1.82, 2.24) is 9.80 Å². The summed E-state index contributed by atoms with van der Waals surface area (Å²) in [5, 5.41) is -0.362. The van der Waals surface area contributed by atoms with Crippen molar-refractivity contribution in [2.45, 2.75) is 12.6 Å². The van der Waals surface area contributed by atoms with Gasteiger partial charge in [0.25, 0.3) is 5.24 Å². The van der Waals surface area contributed by atoms with Crippen LogP contribution in [0, 0.1) is 0 Å². The van der Waals surface area contributed by atoms with Gasteiger partial charge in [0.2, 0.25) is 11.8 Å². The molecule has 0 radical (unpaired) electrons. The Balaban J connectivity index is 1.60. The van der Waals surface area contributed by atoms with E-state index in [2.05, 4.69) is 0 Å². The fourth-order valence-electron chi connectivity index (χ4n) is 3.21. The fraction of sp³-hybridized carbons (Fsp3) is 0.250. The van der Waals surface area contributed by atoms with E-state index in [1.807, 2.05) is 54.6 Å². The van der Waals surface area contributed by atoms with Crippen LogP contribution in [0.3, 0.4) is 0 Å². The Hall–Kier alpha value is -2.80. The summed E-state index contributed by atoms with van der Waals surface area (Å²) in [5.74, 6) is 0.264. The average molecular weight is 382 g/mol. The number of benzene rings is 2. The maximum Gasteiger partial charge on any atom is 0.289 e. The van der Waals surface area contributed by atoms with Crippen LogP contribution >= 0.6 is 11.8 Å². The summed E-state index contributed by atoms with van der Waals surface area (Å²) < 4.78 is 6.19. The molecular weight excluding hydrogens is 364 g/mol. The Morgan fingerprint density at radius 1 is 1.07 bits per heavy atom. The van der Waals surface area contributed by atoms with Crippen LogP contribution < -0.4 is 4.74 Å². The van der Waals surface area contributed by atoms with Crippen LogP contribution in [0.4, 0.5) is 4.79 Å². The third-order valence-electron chi connectivity index (χ3n) is 4.65. The summed E-state index contributed by atoms with van der Waals surface area (Å²) in [5.41, 5.74) is 1.87. The lowest BCUT2D eigenvalue weighted by Crippen LogP contribution is -2.43. The van der Waals surface area contributed by atoms with E-state index in [1.54, 1.807) is 4.90 Å². The second kappa shape index (κ2) is 7.44. The lowest BCUT2D eigenvalue weighted by molar-refractivity contribution is -0.137. The van der Waals surface area contributed by atoms with Crippen LogP contribution in [0.1, 0.15) is 17.2 Å². The molecule has 1 saturated heterocycles. The van der Waals surface area contributed by atoms with Crippen LogP contribution in [-0.2, 0) is 16.1 Å². The molecule has 2 aromatic rings. The fourth-order valence-corrected chi connectivity index (χ4v) is 3.94. The number of rotatable bonds is 3. The van der Waals surface area contributed by atoms with E-state index in [-0.39, 0.29) is 35.5 Å². The third-order valence-corrected chi connectivity index (χ3v) is 5.51. The van der Waals surface area contributed by atoms with Crippen molar-refractivity contribution in [3.05, 3.63) is 65.7 Å². The normalized spacial score (nSPS) is 19.5. The Kier molecular flexibility index (Phi) is 4.85. The minimum Gasteiger partial charge on any atom is -0.484 e. The van der Waals surface area contributed by atoms with Gasteiger partial charge in [-0.1, -0.05) is 60.3 Å². The quantitative estimate of drug-likeness (QED) is 0.817. The van der Waals surface area contributed by atoms with E-state index in [1.165, 1.54) is 0 Å². The van der Waals surface area contributed by atoms with E-state index >= 15 is 0 Å². The molecule has 2 aromatic carbocycles.